The Kier molecular flexibility index (Phi) is 7.70. The molecule has 0 aliphatic carbocycles. The molecule has 1 amide bonds. The van der Waals surface area contributed by atoms with Crippen molar-refractivity contribution in [1.82, 2.24) is 9.62 Å². The number of carbonyl (C=O) groups is 1. The van der Waals surface area contributed by atoms with E-state index >= 15 is 0 Å². The van der Waals surface area contributed by atoms with Gasteiger partial charge in [-0.2, -0.15) is 0 Å². The molecular formula is C22H28N2O5S. The van der Waals surface area contributed by atoms with Crippen molar-refractivity contribution in [3.05, 3.63) is 54.5 Å². The zero-order valence-corrected chi connectivity index (χ0v) is 17.9. The van der Waals surface area contributed by atoms with Gasteiger partial charge in [-0.3, -0.25) is 4.79 Å². The summed E-state index contributed by atoms with van der Waals surface area (Å²) in [4.78, 5) is 14.3. The second-order valence-corrected chi connectivity index (χ2v) is 9.06. The first kappa shape index (κ1) is 22.1. The van der Waals surface area contributed by atoms with Gasteiger partial charge in [0.1, 0.15) is 11.5 Å². The molecule has 1 aromatic carbocycles. The molecule has 0 unspecified atom stereocenters. The highest BCUT2D eigenvalue weighted by molar-refractivity contribution is 7.89. The Hall–Kier alpha value is -2.58. The third-order valence-corrected chi connectivity index (χ3v) is 6.47. The van der Waals surface area contributed by atoms with Crippen molar-refractivity contribution < 1.29 is 22.4 Å². The van der Waals surface area contributed by atoms with Crippen LogP contribution in [0.25, 0.3) is 6.08 Å². The summed E-state index contributed by atoms with van der Waals surface area (Å²) in [5.74, 6) is 1.44. The molecule has 3 rings (SSSR count). The molecule has 2 heterocycles. The van der Waals surface area contributed by atoms with Crippen LogP contribution in [0.15, 0.2) is 58.1 Å². The largest absolute Gasteiger partial charge is 0.494 e. The van der Waals surface area contributed by atoms with Gasteiger partial charge in [0.25, 0.3) is 0 Å². The van der Waals surface area contributed by atoms with E-state index in [2.05, 4.69) is 4.72 Å². The van der Waals surface area contributed by atoms with Crippen LogP contribution in [0.1, 0.15) is 31.9 Å². The fourth-order valence-corrected chi connectivity index (χ4v) is 4.36. The monoisotopic (exact) mass is 432 g/mol. The Balaban J connectivity index is 1.45. The summed E-state index contributed by atoms with van der Waals surface area (Å²) in [5, 5.41) is 0. The minimum atomic E-state index is -3.57. The fraction of sp³-hybridized carbons (Fsp3) is 0.409. The van der Waals surface area contributed by atoms with E-state index in [0.717, 1.165) is 19.3 Å². The van der Waals surface area contributed by atoms with Crippen molar-refractivity contribution in [3.8, 4) is 5.75 Å². The number of hydrogen-bond donors (Lipinski definition) is 1. The number of rotatable bonds is 9. The number of amides is 1. The highest BCUT2D eigenvalue weighted by Gasteiger charge is 2.23. The number of piperidine rings is 1. The molecule has 162 valence electrons. The minimum absolute atomic E-state index is 0.0594. The first-order chi connectivity index (χ1) is 14.5. The van der Waals surface area contributed by atoms with Crippen LogP contribution in [-0.2, 0) is 14.8 Å². The molecule has 8 heteroatoms. The van der Waals surface area contributed by atoms with E-state index in [4.69, 9.17) is 9.15 Å². The molecule has 30 heavy (non-hydrogen) atoms. The van der Waals surface area contributed by atoms with Crippen LogP contribution in [0.3, 0.4) is 0 Å². The van der Waals surface area contributed by atoms with E-state index in [1.807, 2.05) is 6.92 Å². The second kappa shape index (κ2) is 10.4. The predicted molar refractivity (Wildman–Crippen MR) is 114 cm³/mol. The molecule has 1 saturated heterocycles. The van der Waals surface area contributed by atoms with Gasteiger partial charge in [0.2, 0.25) is 15.9 Å². The Morgan fingerprint density at radius 3 is 2.60 bits per heavy atom. The zero-order chi connectivity index (χ0) is 21.4. The highest BCUT2D eigenvalue weighted by Crippen LogP contribution is 2.19. The number of carbonyl (C=O) groups excluding carboxylic acids is 1. The molecule has 1 aliphatic rings. The lowest BCUT2D eigenvalue weighted by atomic mass is 9.97. The van der Waals surface area contributed by atoms with Crippen molar-refractivity contribution >= 4 is 22.0 Å². The first-order valence-electron chi connectivity index (χ1n) is 10.2. The van der Waals surface area contributed by atoms with Gasteiger partial charge >= 0.3 is 0 Å². The summed E-state index contributed by atoms with van der Waals surface area (Å²) in [6, 6.07) is 10.0. The minimum Gasteiger partial charge on any atom is -0.494 e. The van der Waals surface area contributed by atoms with Gasteiger partial charge in [0.05, 0.1) is 17.8 Å². The van der Waals surface area contributed by atoms with E-state index in [1.54, 1.807) is 53.6 Å². The van der Waals surface area contributed by atoms with Crippen LogP contribution >= 0.6 is 0 Å². The van der Waals surface area contributed by atoms with Gasteiger partial charge in [0.15, 0.2) is 0 Å². The smallest absolute Gasteiger partial charge is 0.246 e. The summed E-state index contributed by atoms with van der Waals surface area (Å²) >= 11 is 0. The van der Waals surface area contributed by atoms with E-state index in [0.29, 0.717) is 37.8 Å². The van der Waals surface area contributed by atoms with Crippen molar-refractivity contribution in [1.29, 1.82) is 0 Å². The van der Waals surface area contributed by atoms with Gasteiger partial charge in [-0.25, -0.2) is 13.1 Å². The lowest BCUT2D eigenvalue weighted by molar-refractivity contribution is -0.127. The maximum absolute atomic E-state index is 12.5. The molecular weight excluding hydrogens is 404 g/mol. The first-order valence-corrected chi connectivity index (χ1v) is 11.7. The van der Waals surface area contributed by atoms with Crippen LogP contribution in [0.2, 0.25) is 0 Å². The summed E-state index contributed by atoms with van der Waals surface area (Å²) in [6.07, 6.45) is 7.13. The van der Waals surface area contributed by atoms with Crippen molar-refractivity contribution in [3.63, 3.8) is 0 Å². The van der Waals surface area contributed by atoms with E-state index in [-0.39, 0.29) is 16.7 Å². The summed E-state index contributed by atoms with van der Waals surface area (Å²) < 4.78 is 38.4. The number of ether oxygens (including phenoxy) is 1. The number of nitrogens with one attached hydrogen (secondary N) is 1. The van der Waals surface area contributed by atoms with Crippen LogP contribution in [0, 0.1) is 5.92 Å². The summed E-state index contributed by atoms with van der Waals surface area (Å²) in [7, 11) is -3.57. The van der Waals surface area contributed by atoms with Crippen LogP contribution < -0.4 is 9.46 Å². The average molecular weight is 433 g/mol. The van der Waals surface area contributed by atoms with Crippen LogP contribution in [0.4, 0.5) is 0 Å². The lowest BCUT2D eigenvalue weighted by Crippen LogP contribution is -2.40. The molecule has 1 N–H and O–H groups in total. The Morgan fingerprint density at radius 1 is 1.23 bits per heavy atom. The number of likely N-dealkylation sites (tertiary alicyclic amines) is 1. The SMILES string of the molecule is CCCOc1ccc(S(=O)(=O)NCC2CCN(C(=O)/C=C/c3ccco3)CC2)cc1. The Labute approximate surface area is 177 Å². The molecule has 1 aromatic heterocycles. The van der Waals surface area contributed by atoms with Crippen molar-refractivity contribution in [2.75, 3.05) is 26.2 Å². The van der Waals surface area contributed by atoms with Gasteiger partial charge in [-0.1, -0.05) is 6.92 Å². The summed E-state index contributed by atoms with van der Waals surface area (Å²) in [6.45, 7) is 4.19. The van der Waals surface area contributed by atoms with Gasteiger partial charge in [-0.05, 0) is 67.7 Å². The van der Waals surface area contributed by atoms with E-state index in [1.165, 1.54) is 6.08 Å². The highest BCUT2D eigenvalue weighted by atomic mass is 32.2. The Bertz CT molecular complexity index is 928. The number of benzene rings is 1. The molecule has 1 fully saturated rings. The molecule has 7 nitrogen and oxygen atoms in total. The quantitative estimate of drug-likeness (QED) is 0.614. The van der Waals surface area contributed by atoms with E-state index in [9.17, 15) is 13.2 Å². The Morgan fingerprint density at radius 2 is 1.97 bits per heavy atom. The normalized spacial score (nSPS) is 15.6. The van der Waals surface area contributed by atoms with Crippen LogP contribution in [0.5, 0.6) is 5.75 Å². The van der Waals surface area contributed by atoms with Crippen LogP contribution in [-0.4, -0.2) is 45.5 Å². The molecule has 0 radical (unpaired) electrons. The third kappa shape index (κ3) is 6.21. The number of hydrogen-bond acceptors (Lipinski definition) is 5. The summed E-state index contributed by atoms with van der Waals surface area (Å²) in [5.41, 5.74) is 0. The number of nitrogens with zero attached hydrogens (tertiary/aromatic N) is 1. The van der Waals surface area contributed by atoms with Gasteiger partial charge in [0, 0.05) is 25.7 Å². The van der Waals surface area contributed by atoms with Crippen molar-refractivity contribution in [2.24, 2.45) is 5.92 Å². The second-order valence-electron chi connectivity index (χ2n) is 7.29. The molecule has 2 aromatic rings. The molecule has 0 bridgehead atoms. The average Bonchev–Trinajstić information content (AvgIpc) is 3.29. The number of furan rings is 1. The molecule has 0 spiro atoms. The standard InChI is InChI=1S/C22H28N2O5S/c1-2-15-28-20-5-8-21(9-6-20)30(26,27)23-17-18-11-13-24(14-12-18)22(25)10-7-19-4-3-16-29-19/h3-10,16,18,23H,2,11-15,17H2,1H3/b10-7+. The zero-order valence-electron chi connectivity index (χ0n) is 17.1. The third-order valence-electron chi connectivity index (χ3n) is 5.03. The fourth-order valence-electron chi connectivity index (χ4n) is 3.25. The lowest BCUT2D eigenvalue weighted by Gasteiger charge is -2.31. The maximum atomic E-state index is 12.5. The molecule has 0 atom stereocenters. The topological polar surface area (TPSA) is 88.9 Å². The molecule has 1 aliphatic heterocycles. The molecule has 0 saturated carbocycles. The maximum Gasteiger partial charge on any atom is 0.246 e. The van der Waals surface area contributed by atoms with Crippen molar-refractivity contribution in [2.45, 2.75) is 31.1 Å². The number of sulfonamides is 1. The van der Waals surface area contributed by atoms with Gasteiger partial charge in [-0.15, -0.1) is 0 Å². The van der Waals surface area contributed by atoms with Gasteiger partial charge < -0.3 is 14.1 Å². The predicted octanol–water partition coefficient (Wildman–Crippen LogP) is 3.30. The van der Waals surface area contributed by atoms with E-state index < -0.39 is 10.0 Å².